The van der Waals surface area contributed by atoms with Crippen molar-refractivity contribution in [3.8, 4) is 11.5 Å². The molecule has 0 saturated heterocycles. The van der Waals surface area contributed by atoms with Crippen LogP contribution in [-0.4, -0.2) is 34.4 Å². The molecule has 2 heterocycles. The van der Waals surface area contributed by atoms with Crippen molar-refractivity contribution in [1.82, 2.24) is 14.8 Å². The Morgan fingerprint density at radius 3 is 2.73 bits per heavy atom. The molecule has 1 atom stereocenters. The minimum Gasteiger partial charge on any atom is -0.492 e. The fraction of sp³-hybridized carbons (Fsp3) is 0.292. The molecule has 0 spiro atoms. The highest BCUT2D eigenvalue weighted by Crippen LogP contribution is 2.42. The zero-order valence-electron chi connectivity index (χ0n) is 19.2. The number of rotatable bonds is 6. The summed E-state index contributed by atoms with van der Waals surface area (Å²) in [6.07, 6.45) is 1.47. The van der Waals surface area contributed by atoms with E-state index in [0.29, 0.717) is 35.3 Å². The summed E-state index contributed by atoms with van der Waals surface area (Å²) < 4.78 is 13.8. The minimum atomic E-state index is -0.518. The number of fused-ring (bicyclic) bond motifs is 1. The normalized spacial score (nSPS) is 15.0. The first-order valence-corrected chi connectivity index (χ1v) is 11.4. The first-order valence-electron chi connectivity index (χ1n) is 10.6. The van der Waals surface area contributed by atoms with E-state index in [4.69, 9.17) is 9.47 Å². The molecule has 4 rings (SSSR count). The van der Waals surface area contributed by atoms with Crippen molar-refractivity contribution >= 4 is 33.5 Å². The van der Waals surface area contributed by atoms with E-state index in [0.717, 1.165) is 26.9 Å². The van der Waals surface area contributed by atoms with E-state index in [1.807, 2.05) is 58.0 Å². The van der Waals surface area contributed by atoms with Crippen LogP contribution in [0.15, 0.2) is 52.4 Å². The molecule has 33 heavy (non-hydrogen) atoms. The molecular weight excluding hydrogens is 486 g/mol. The number of aryl methyl sites for hydroxylation is 2. The fourth-order valence-corrected chi connectivity index (χ4v) is 4.67. The third-order valence-corrected chi connectivity index (χ3v) is 6.11. The van der Waals surface area contributed by atoms with Crippen molar-refractivity contribution in [1.29, 1.82) is 0 Å². The summed E-state index contributed by atoms with van der Waals surface area (Å²) in [5.74, 6) is 1.51. The Morgan fingerprint density at radius 1 is 1.24 bits per heavy atom. The number of nitrogens with one attached hydrogen (secondary N) is 2. The lowest BCUT2D eigenvalue weighted by Gasteiger charge is -2.29. The molecule has 0 aliphatic carbocycles. The Hall–Kier alpha value is -3.33. The van der Waals surface area contributed by atoms with Crippen LogP contribution in [0.5, 0.6) is 11.5 Å². The number of allylic oxidation sites excluding steroid dienone is 1. The molecule has 2 N–H and O–H groups in total. The van der Waals surface area contributed by atoms with Gasteiger partial charge in [-0.3, -0.25) is 4.79 Å². The second-order valence-corrected chi connectivity index (χ2v) is 8.69. The van der Waals surface area contributed by atoms with Gasteiger partial charge in [-0.05, 0) is 73.0 Å². The van der Waals surface area contributed by atoms with Gasteiger partial charge in [0.25, 0.3) is 5.91 Å². The van der Waals surface area contributed by atoms with E-state index in [1.54, 1.807) is 11.8 Å². The van der Waals surface area contributed by atoms with Crippen LogP contribution in [0.3, 0.4) is 0 Å². The van der Waals surface area contributed by atoms with E-state index in [9.17, 15) is 4.79 Å². The lowest BCUT2D eigenvalue weighted by molar-refractivity contribution is -0.113. The molecule has 0 fully saturated rings. The first-order chi connectivity index (χ1) is 15.8. The standard InChI is InChI=1S/C24H26BrN5O3/c1-6-33-19-11-16(10-17(25)22(19)32-5)21-20(15(4)28-24-26-12-27-30(21)24)23(31)29-18-8-7-13(2)9-14(18)3/h7-12,21H,6H2,1-5H3,(H,29,31)(H,26,27,28). The molecule has 0 radical (unpaired) electrons. The SMILES string of the molecule is CCOc1cc(C2C(C(=O)Nc3ccc(C)cc3C)=C(C)Nc3ncnn32)cc(Br)c1OC. The van der Waals surface area contributed by atoms with Gasteiger partial charge in [0.2, 0.25) is 5.95 Å². The van der Waals surface area contributed by atoms with Gasteiger partial charge in [-0.15, -0.1) is 0 Å². The summed E-state index contributed by atoms with van der Waals surface area (Å²) in [7, 11) is 1.59. The Kier molecular flexibility index (Phi) is 6.42. The number of methoxy groups -OCH3 is 1. The third kappa shape index (κ3) is 4.32. The summed E-state index contributed by atoms with van der Waals surface area (Å²) in [5, 5.41) is 10.7. The number of halogens is 1. The van der Waals surface area contributed by atoms with Crippen molar-refractivity contribution in [2.75, 3.05) is 24.4 Å². The van der Waals surface area contributed by atoms with Crippen LogP contribution in [0.2, 0.25) is 0 Å². The van der Waals surface area contributed by atoms with Crippen molar-refractivity contribution in [3.63, 3.8) is 0 Å². The van der Waals surface area contributed by atoms with Gasteiger partial charge in [0, 0.05) is 11.4 Å². The van der Waals surface area contributed by atoms with Crippen molar-refractivity contribution < 1.29 is 14.3 Å². The fourth-order valence-electron chi connectivity index (χ4n) is 4.04. The number of benzene rings is 2. The molecule has 8 nitrogen and oxygen atoms in total. The first kappa shape index (κ1) is 22.8. The van der Waals surface area contributed by atoms with Crippen LogP contribution in [0.1, 0.15) is 36.6 Å². The van der Waals surface area contributed by atoms with Crippen LogP contribution in [0, 0.1) is 13.8 Å². The monoisotopic (exact) mass is 511 g/mol. The van der Waals surface area contributed by atoms with E-state index < -0.39 is 6.04 Å². The zero-order valence-corrected chi connectivity index (χ0v) is 20.8. The van der Waals surface area contributed by atoms with Crippen molar-refractivity contribution in [2.45, 2.75) is 33.7 Å². The van der Waals surface area contributed by atoms with Gasteiger partial charge in [-0.2, -0.15) is 10.1 Å². The molecule has 0 bridgehead atoms. The maximum atomic E-state index is 13.6. The Balaban J connectivity index is 1.82. The average molecular weight is 512 g/mol. The molecule has 1 aliphatic heterocycles. The number of aromatic nitrogens is 3. The van der Waals surface area contributed by atoms with Crippen LogP contribution in [-0.2, 0) is 4.79 Å². The van der Waals surface area contributed by atoms with Gasteiger partial charge in [0.05, 0.1) is 23.8 Å². The van der Waals surface area contributed by atoms with Gasteiger partial charge in [0.15, 0.2) is 11.5 Å². The Morgan fingerprint density at radius 2 is 2.03 bits per heavy atom. The molecule has 1 unspecified atom stereocenters. The number of ether oxygens (including phenoxy) is 2. The molecule has 0 saturated carbocycles. The largest absolute Gasteiger partial charge is 0.492 e. The maximum absolute atomic E-state index is 13.6. The third-order valence-electron chi connectivity index (χ3n) is 5.52. The average Bonchev–Trinajstić information content (AvgIpc) is 3.22. The summed E-state index contributed by atoms with van der Waals surface area (Å²) in [4.78, 5) is 17.9. The number of hydrogen-bond acceptors (Lipinski definition) is 6. The number of carbonyl (C=O) groups is 1. The molecule has 9 heteroatoms. The van der Waals surface area contributed by atoms with Gasteiger partial charge < -0.3 is 20.1 Å². The van der Waals surface area contributed by atoms with Crippen LogP contribution in [0.25, 0.3) is 0 Å². The smallest absolute Gasteiger partial charge is 0.255 e. The van der Waals surface area contributed by atoms with Crippen LogP contribution in [0.4, 0.5) is 11.6 Å². The topological polar surface area (TPSA) is 90.3 Å². The highest BCUT2D eigenvalue weighted by Gasteiger charge is 2.34. The minimum absolute atomic E-state index is 0.219. The quantitative estimate of drug-likeness (QED) is 0.484. The number of amides is 1. The number of hydrogen-bond donors (Lipinski definition) is 2. The molecule has 1 amide bonds. The highest BCUT2D eigenvalue weighted by atomic mass is 79.9. The molecule has 2 aromatic carbocycles. The summed E-state index contributed by atoms with van der Waals surface area (Å²) in [6, 6.07) is 9.22. The summed E-state index contributed by atoms with van der Waals surface area (Å²) in [6.45, 7) is 8.25. The number of carbonyl (C=O) groups excluding carboxylic acids is 1. The molecule has 1 aromatic heterocycles. The van der Waals surface area contributed by atoms with Gasteiger partial charge in [-0.1, -0.05) is 17.7 Å². The van der Waals surface area contributed by atoms with Crippen molar-refractivity contribution in [3.05, 3.63) is 69.1 Å². The Bertz CT molecular complexity index is 1250. The number of nitrogens with zero attached hydrogens (tertiary/aromatic N) is 3. The zero-order chi connectivity index (χ0) is 23.7. The lowest BCUT2D eigenvalue weighted by atomic mass is 9.94. The molecule has 172 valence electrons. The van der Waals surface area contributed by atoms with Crippen molar-refractivity contribution in [2.24, 2.45) is 0 Å². The molecule has 1 aliphatic rings. The summed E-state index contributed by atoms with van der Waals surface area (Å²) in [5.41, 5.74) is 4.94. The van der Waals surface area contributed by atoms with E-state index in [-0.39, 0.29) is 5.91 Å². The van der Waals surface area contributed by atoms with E-state index >= 15 is 0 Å². The lowest BCUT2D eigenvalue weighted by Crippen LogP contribution is -2.31. The predicted molar refractivity (Wildman–Crippen MR) is 131 cm³/mol. The van der Waals surface area contributed by atoms with Crippen LogP contribution >= 0.6 is 15.9 Å². The number of anilines is 2. The van der Waals surface area contributed by atoms with Crippen LogP contribution < -0.4 is 20.1 Å². The van der Waals surface area contributed by atoms with E-state index in [1.165, 1.54) is 6.33 Å². The summed E-state index contributed by atoms with van der Waals surface area (Å²) >= 11 is 3.59. The second-order valence-electron chi connectivity index (χ2n) is 7.83. The van der Waals surface area contributed by atoms with Gasteiger partial charge in [0.1, 0.15) is 12.4 Å². The molecule has 3 aromatic rings. The van der Waals surface area contributed by atoms with E-state index in [2.05, 4.69) is 36.6 Å². The Labute approximate surface area is 201 Å². The molecular formula is C24H26BrN5O3. The highest BCUT2D eigenvalue weighted by molar-refractivity contribution is 9.10. The van der Waals surface area contributed by atoms with Gasteiger partial charge >= 0.3 is 0 Å². The van der Waals surface area contributed by atoms with Gasteiger partial charge in [-0.25, -0.2) is 4.68 Å². The second kappa shape index (κ2) is 9.27. The maximum Gasteiger partial charge on any atom is 0.255 e. The predicted octanol–water partition coefficient (Wildman–Crippen LogP) is 4.99.